The van der Waals surface area contributed by atoms with Crippen molar-refractivity contribution in [2.75, 3.05) is 13.1 Å². The molecular weight excluding hydrogens is 294 g/mol. The van der Waals surface area contributed by atoms with E-state index in [1.54, 1.807) is 6.07 Å². The normalized spacial score (nSPS) is 11.3. The lowest BCUT2D eigenvalue weighted by Gasteiger charge is -2.16. The highest BCUT2D eigenvalue weighted by Crippen LogP contribution is 2.29. The third-order valence-electron chi connectivity index (χ3n) is 2.34. The molecule has 1 aromatic carbocycles. The lowest BCUT2D eigenvalue weighted by molar-refractivity contribution is -0.387. The first-order valence-corrected chi connectivity index (χ1v) is 6.97. The van der Waals surface area contributed by atoms with Crippen LogP contribution in [0.5, 0.6) is 0 Å². The summed E-state index contributed by atoms with van der Waals surface area (Å²) in [7, 11) is -4.10. The van der Waals surface area contributed by atoms with Crippen LogP contribution in [0.2, 0.25) is 5.02 Å². The minimum absolute atomic E-state index is 0.0374. The third kappa shape index (κ3) is 3.20. The fourth-order valence-electron chi connectivity index (χ4n) is 1.44. The van der Waals surface area contributed by atoms with Gasteiger partial charge >= 0.3 is 0 Å². The Bertz CT molecular complexity index is 639. The number of nitro benzene ring substituents is 1. The Kier molecular flexibility index (Phi) is 4.83. The van der Waals surface area contributed by atoms with Gasteiger partial charge in [0.25, 0.3) is 15.7 Å². The molecule has 0 radical (unpaired) electrons. The van der Waals surface area contributed by atoms with Crippen LogP contribution in [0.4, 0.5) is 5.69 Å². The van der Waals surface area contributed by atoms with Crippen LogP contribution >= 0.6 is 11.6 Å². The number of nitriles is 1. The van der Waals surface area contributed by atoms with Gasteiger partial charge in [-0.3, -0.25) is 10.1 Å². The molecule has 0 amide bonds. The van der Waals surface area contributed by atoms with E-state index in [1.165, 1.54) is 13.0 Å². The van der Waals surface area contributed by atoms with Gasteiger partial charge in [0.2, 0.25) is 0 Å². The largest absolute Gasteiger partial charge is 0.290 e. The summed E-state index contributed by atoms with van der Waals surface area (Å²) in [5, 5.41) is 19.5. The Morgan fingerprint density at radius 1 is 1.53 bits per heavy atom. The number of halogens is 1. The first-order valence-electron chi connectivity index (χ1n) is 5.15. The van der Waals surface area contributed by atoms with Crippen LogP contribution in [-0.2, 0) is 10.0 Å². The zero-order valence-electron chi connectivity index (χ0n) is 9.91. The standard InChI is InChI=1S/C10H10ClN3O4S/c1-2-13(6-5-12)19(17,18)10-4-3-8(11)7-9(10)14(15)16/h3-4,7H,2,6H2,1H3. The van der Waals surface area contributed by atoms with Crippen LogP contribution in [-0.4, -0.2) is 30.7 Å². The highest BCUT2D eigenvalue weighted by molar-refractivity contribution is 7.89. The smallest absolute Gasteiger partial charge is 0.258 e. The Balaban J connectivity index is 3.45. The number of benzene rings is 1. The van der Waals surface area contributed by atoms with Crippen LogP contribution in [0.1, 0.15) is 6.92 Å². The summed E-state index contributed by atoms with van der Waals surface area (Å²) in [6.45, 7) is 1.20. The molecule has 0 bridgehead atoms. The Hall–Kier alpha value is -1.69. The number of sulfonamides is 1. The predicted molar refractivity (Wildman–Crippen MR) is 68.2 cm³/mol. The van der Waals surface area contributed by atoms with E-state index in [9.17, 15) is 18.5 Å². The van der Waals surface area contributed by atoms with E-state index in [4.69, 9.17) is 16.9 Å². The van der Waals surface area contributed by atoms with E-state index in [0.717, 1.165) is 16.4 Å². The van der Waals surface area contributed by atoms with Gasteiger partial charge < -0.3 is 0 Å². The molecule has 102 valence electrons. The van der Waals surface area contributed by atoms with Crippen molar-refractivity contribution in [1.82, 2.24) is 4.31 Å². The van der Waals surface area contributed by atoms with Crippen molar-refractivity contribution in [2.24, 2.45) is 0 Å². The van der Waals surface area contributed by atoms with Crippen molar-refractivity contribution < 1.29 is 13.3 Å². The molecule has 0 saturated heterocycles. The fourth-order valence-corrected chi connectivity index (χ4v) is 3.09. The Morgan fingerprint density at radius 2 is 2.16 bits per heavy atom. The number of hydrogen-bond acceptors (Lipinski definition) is 5. The zero-order valence-corrected chi connectivity index (χ0v) is 11.5. The van der Waals surface area contributed by atoms with Crippen molar-refractivity contribution in [3.8, 4) is 6.07 Å². The topological polar surface area (TPSA) is 104 Å². The van der Waals surface area contributed by atoms with E-state index in [-0.39, 0.29) is 18.1 Å². The summed E-state index contributed by atoms with van der Waals surface area (Å²) in [6.07, 6.45) is 0. The second-order valence-electron chi connectivity index (χ2n) is 3.46. The minimum atomic E-state index is -4.10. The molecule has 0 aliphatic rings. The van der Waals surface area contributed by atoms with E-state index >= 15 is 0 Å². The summed E-state index contributed by atoms with van der Waals surface area (Å²) in [4.78, 5) is 9.59. The molecule has 7 nitrogen and oxygen atoms in total. The molecule has 0 heterocycles. The van der Waals surface area contributed by atoms with Gasteiger partial charge in [0.05, 0.1) is 11.0 Å². The molecule has 0 saturated carbocycles. The van der Waals surface area contributed by atoms with Gasteiger partial charge in [0.1, 0.15) is 6.54 Å². The van der Waals surface area contributed by atoms with Crippen molar-refractivity contribution in [3.63, 3.8) is 0 Å². The van der Waals surface area contributed by atoms with Gasteiger partial charge in [0.15, 0.2) is 4.90 Å². The third-order valence-corrected chi connectivity index (χ3v) is 4.54. The molecule has 1 aromatic rings. The molecule has 0 aliphatic heterocycles. The van der Waals surface area contributed by atoms with Crippen LogP contribution < -0.4 is 0 Å². The van der Waals surface area contributed by atoms with Gasteiger partial charge in [0, 0.05) is 17.6 Å². The van der Waals surface area contributed by atoms with E-state index in [0.29, 0.717) is 0 Å². The second kappa shape index (κ2) is 5.97. The predicted octanol–water partition coefficient (Wildman–Crippen LogP) is 1.78. The number of nitrogens with zero attached hydrogens (tertiary/aromatic N) is 3. The van der Waals surface area contributed by atoms with E-state index in [2.05, 4.69) is 0 Å². The summed E-state index contributed by atoms with van der Waals surface area (Å²) >= 11 is 5.62. The van der Waals surface area contributed by atoms with E-state index in [1.807, 2.05) is 0 Å². The summed E-state index contributed by atoms with van der Waals surface area (Å²) in [5.74, 6) is 0. The van der Waals surface area contributed by atoms with Crippen molar-refractivity contribution in [2.45, 2.75) is 11.8 Å². The molecule has 9 heteroatoms. The molecule has 0 aliphatic carbocycles. The maximum absolute atomic E-state index is 12.2. The summed E-state index contributed by atoms with van der Waals surface area (Å²) < 4.78 is 25.3. The number of nitro groups is 1. The molecule has 0 atom stereocenters. The summed E-state index contributed by atoms with van der Waals surface area (Å²) in [5.41, 5.74) is -0.608. The Morgan fingerprint density at radius 3 is 2.63 bits per heavy atom. The SMILES string of the molecule is CCN(CC#N)S(=O)(=O)c1ccc(Cl)cc1[N+](=O)[O-]. The molecule has 0 fully saturated rings. The monoisotopic (exact) mass is 303 g/mol. The Labute approximate surface area is 115 Å². The van der Waals surface area contributed by atoms with Crippen molar-refractivity contribution in [1.29, 1.82) is 5.26 Å². The van der Waals surface area contributed by atoms with Crippen molar-refractivity contribution >= 4 is 27.3 Å². The number of rotatable bonds is 5. The van der Waals surface area contributed by atoms with Gasteiger partial charge in [-0.05, 0) is 12.1 Å². The number of hydrogen-bond donors (Lipinski definition) is 0. The van der Waals surface area contributed by atoms with Crippen LogP contribution in [0, 0.1) is 21.4 Å². The zero-order chi connectivity index (χ0) is 14.6. The first kappa shape index (κ1) is 15.4. The van der Waals surface area contributed by atoms with Gasteiger partial charge in [-0.1, -0.05) is 18.5 Å². The molecule has 0 unspecified atom stereocenters. The quantitative estimate of drug-likeness (QED) is 0.468. The molecule has 0 N–H and O–H groups in total. The average Bonchev–Trinajstić information content (AvgIpc) is 2.35. The maximum Gasteiger partial charge on any atom is 0.290 e. The van der Waals surface area contributed by atoms with Crippen molar-refractivity contribution in [3.05, 3.63) is 33.3 Å². The second-order valence-corrected chi connectivity index (χ2v) is 5.80. The first-order chi connectivity index (χ1) is 8.84. The molecule has 19 heavy (non-hydrogen) atoms. The molecule has 0 aromatic heterocycles. The van der Waals surface area contributed by atoms with Crippen LogP contribution in [0.25, 0.3) is 0 Å². The van der Waals surface area contributed by atoms with Gasteiger partial charge in [-0.15, -0.1) is 0 Å². The molecule has 1 rings (SSSR count). The van der Waals surface area contributed by atoms with E-state index < -0.39 is 25.5 Å². The highest BCUT2D eigenvalue weighted by Gasteiger charge is 2.30. The molecular formula is C10H10ClN3O4S. The summed E-state index contributed by atoms with van der Waals surface area (Å²) in [6, 6.07) is 4.99. The van der Waals surface area contributed by atoms with Gasteiger partial charge in [-0.25, -0.2) is 8.42 Å². The van der Waals surface area contributed by atoms with Gasteiger partial charge in [-0.2, -0.15) is 9.57 Å². The average molecular weight is 304 g/mol. The minimum Gasteiger partial charge on any atom is -0.258 e. The van der Waals surface area contributed by atoms with Crippen LogP contribution in [0.3, 0.4) is 0 Å². The lowest BCUT2D eigenvalue weighted by Crippen LogP contribution is -2.31. The molecule has 0 spiro atoms. The lowest BCUT2D eigenvalue weighted by atomic mass is 10.3. The fraction of sp³-hybridized carbons (Fsp3) is 0.300. The van der Waals surface area contributed by atoms with Crippen LogP contribution in [0.15, 0.2) is 23.1 Å². The highest BCUT2D eigenvalue weighted by atomic mass is 35.5. The maximum atomic E-state index is 12.2.